The van der Waals surface area contributed by atoms with Gasteiger partial charge in [-0.05, 0) is 0 Å². The zero-order valence-corrected chi connectivity index (χ0v) is 7.95. The minimum atomic E-state index is 0. The van der Waals surface area contributed by atoms with E-state index in [1.54, 1.807) is 0 Å². The van der Waals surface area contributed by atoms with E-state index >= 15 is 0 Å². The van der Waals surface area contributed by atoms with Crippen LogP contribution in [0, 0.1) is 0 Å². The minimum absolute atomic E-state index is 0. The molecule has 7 heavy (non-hydrogen) atoms. The Labute approximate surface area is 68.2 Å². The average molecular weight is 109 g/mol. The molecule has 0 atom stereocenters. The van der Waals surface area contributed by atoms with Crippen molar-refractivity contribution >= 4 is 0 Å². The average Bonchev–Trinajstić information content (AvgIpc) is 1.35. The van der Waals surface area contributed by atoms with Crippen molar-refractivity contribution in [2.75, 3.05) is 7.05 Å². The first kappa shape index (κ1) is 10.9. The standard InChI is InChI=1S/C5H12N.Na/c1-5(2,3)6-4;/h1-4H3;/q-1;+1. The molecule has 0 aliphatic rings. The third-order valence-corrected chi connectivity index (χ3v) is 0.671. The summed E-state index contributed by atoms with van der Waals surface area (Å²) >= 11 is 0. The van der Waals surface area contributed by atoms with Crippen LogP contribution in [-0.2, 0) is 0 Å². The molecule has 38 valence electrons. The molecule has 0 saturated carbocycles. The number of hydrogen-bond acceptors (Lipinski definition) is 0. The second-order valence-electron chi connectivity index (χ2n) is 2.39. The van der Waals surface area contributed by atoms with E-state index in [4.69, 9.17) is 0 Å². The van der Waals surface area contributed by atoms with E-state index in [0.717, 1.165) is 0 Å². The molecule has 0 aliphatic heterocycles. The van der Waals surface area contributed by atoms with Crippen LogP contribution in [0.5, 0.6) is 0 Å². The monoisotopic (exact) mass is 109 g/mol. The zero-order valence-electron chi connectivity index (χ0n) is 5.95. The summed E-state index contributed by atoms with van der Waals surface area (Å²) in [5, 5.41) is 4.02. The molecule has 0 rings (SSSR count). The van der Waals surface area contributed by atoms with Gasteiger partial charge in [0.2, 0.25) is 0 Å². The first-order valence-electron chi connectivity index (χ1n) is 2.17. The second-order valence-corrected chi connectivity index (χ2v) is 2.39. The van der Waals surface area contributed by atoms with Gasteiger partial charge < -0.3 is 5.32 Å². The Morgan fingerprint density at radius 2 is 1.29 bits per heavy atom. The van der Waals surface area contributed by atoms with Gasteiger partial charge in [-0.25, -0.2) is 0 Å². The van der Waals surface area contributed by atoms with E-state index in [0.29, 0.717) is 0 Å². The topological polar surface area (TPSA) is 14.1 Å². The van der Waals surface area contributed by atoms with Crippen molar-refractivity contribution < 1.29 is 29.6 Å². The van der Waals surface area contributed by atoms with Gasteiger partial charge in [-0.15, -0.1) is 5.54 Å². The number of hydrogen-bond donors (Lipinski definition) is 0. The molecule has 0 aliphatic carbocycles. The van der Waals surface area contributed by atoms with Crippen LogP contribution in [0.3, 0.4) is 0 Å². The van der Waals surface area contributed by atoms with E-state index in [9.17, 15) is 0 Å². The quantitative estimate of drug-likeness (QED) is 0.347. The maximum absolute atomic E-state index is 4.02. The molecule has 0 saturated heterocycles. The molecule has 0 radical (unpaired) electrons. The molecule has 0 fully saturated rings. The second kappa shape index (κ2) is 3.90. The normalized spacial score (nSPS) is 10.3. The maximum Gasteiger partial charge on any atom is 1.00 e. The summed E-state index contributed by atoms with van der Waals surface area (Å²) < 4.78 is 0. The van der Waals surface area contributed by atoms with Gasteiger partial charge in [0.15, 0.2) is 0 Å². The van der Waals surface area contributed by atoms with E-state index in [2.05, 4.69) is 26.1 Å². The Balaban J connectivity index is 0. The molecule has 0 heterocycles. The van der Waals surface area contributed by atoms with Gasteiger partial charge in [-0.2, -0.15) is 7.05 Å². The maximum atomic E-state index is 4.02. The molecule has 0 spiro atoms. The van der Waals surface area contributed by atoms with Crippen LogP contribution < -0.4 is 29.6 Å². The van der Waals surface area contributed by atoms with Gasteiger partial charge in [0.25, 0.3) is 0 Å². The molecule has 2 heteroatoms. The summed E-state index contributed by atoms with van der Waals surface area (Å²) in [5.41, 5.74) is 0.167. The third kappa shape index (κ3) is 10.9. The fourth-order valence-electron chi connectivity index (χ4n) is 0. The van der Waals surface area contributed by atoms with Crippen LogP contribution in [-0.4, -0.2) is 12.6 Å². The van der Waals surface area contributed by atoms with Crippen molar-refractivity contribution in [1.82, 2.24) is 0 Å². The molecule has 0 amide bonds. The molecule has 0 unspecified atom stereocenters. The Morgan fingerprint density at radius 1 is 1.14 bits per heavy atom. The molecule has 0 aromatic heterocycles. The summed E-state index contributed by atoms with van der Waals surface area (Å²) in [4.78, 5) is 0. The van der Waals surface area contributed by atoms with Gasteiger partial charge >= 0.3 is 29.6 Å². The van der Waals surface area contributed by atoms with Crippen molar-refractivity contribution in [1.29, 1.82) is 0 Å². The van der Waals surface area contributed by atoms with Gasteiger partial charge in [0, 0.05) is 0 Å². The summed E-state index contributed by atoms with van der Waals surface area (Å²) in [6.45, 7) is 6.23. The SMILES string of the molecule is C[N-]C(C)(C)C.[Na+]. The van der Waals surface area contributed by atoms with Crippen molar-refractivity contribution in [2.24, 2.45) is 0 Å². The number of nitrogens with zero attached hydrogens (tertiary/aromatic N) is 1. The molecule has 1 nitrogen and oxygen atoms in total. The Morgan fingerprint density at radius 3 is 1.29 bits per heavy atom. The van der Waals surface area contributed by atoms with Gasteiger partial charge in [0.05, 0.1) is 0 Å². The molecule has 0 aromatic carbocycles. The fourth-order valence-corrected chi connectivity index (χ4v) is 0. The predicted molar refractivity (Wildman–Crippen MR) is 29.0 cm³/mol. The molecular weight excluding hydrogens is 97.1 g/mol. The predicted octanol–water partition coefficient (Wildman–Crippen LogP) is -1.21. The molecular formula is C5H12NNa. The summed E-state index contributed by atoms with van der Waals surface area (Å²) in [7, 11) is 1.83. The van der Waals surface area contributed by atoms with E-state index in [1.165, 1.54) is 0 Å². The van der Waals surface area contributed by atoms with Crippen molar-refractivity contribution in [2.45, 2.75) is 26.3 Å². The minimum Gasteiger partial charge on any atom is -0.660 e. The first-order valence-corrected chi connectivity index (χ1v) is 2.17. The fraction of sp³-hybridized carbons (Fsp3) is 1.00. The number of rotatable bonds is 0. The van der Waals surface area contributed by atoms with Gasteiger partial charge in [0.1, 0.15) is 0 Å². The third-order valence-electron chi connectivity index (χ3n) is 0.671. The van der Waals surface area contributed by atoms with Crippen molar-refractivity contribution in [3.8, 4) is 0 Å². The summed E-state index contributed by atoms with van der Waals surface area (Å²) in [5.74, 6) is 0. The van der Waals surface area contributed by atoms with Crippen LogP contribution in [0.25, 0.3) is 5.32 Å². The van der Waals surface area contributed by atoms with E-state index < -0.39 is 0 Å². The molecule has 0 aromatic rings. The zero-order chi connectivity index (χ0) is 5.21. The van der Waals surface area contributed by atoms with Crippen LogP contribution >= 0.6 is 0 Å². The summed E-state index contributed by atoms with van der Waals surface area (Å²) in [6.07, 6.45) is 0. The van der Waals surface area contributed by atoms with E-state index in [-0.39, 0.29) is 35.1 Å². The smallest absolute Gasteiger partial charge is 0.660 e. The van der Waals surface area contributed by atoms with E-state index in [1.807, 2.05) is 7.05 Å². The van der Waals surface area contributed by atoms with Crippen LogP contribution in [0.15, 0.2) is 0 Å². The summed E-state index contributed by atoms with van der Waals surface area (Å²) in [6, 6.07) is 0. The van der Waals surface area contributed by atoms with Gasteiger partial charge in [-0.3, -0.25) is 0 Å². The Kier molecular flexibility index (Phi) is 6.05. The largest absolute Gasteiger partial charge is 1.00 e. The molecule has 0 N–H and O–H groups in total. The van der Waals surface area contributed by atoms with Crippen molar-refractivity contribution in [3.05, 3.63) is 5.32 Å². The first-order chi connectivity index (χ1) is 2.56. The van der Waals surface area contributed by atoms with Crippen molar-refractivity contribution in [3.63, 3.8) is 0 Å². The van der Waals surface area contributed by atoms with Crippen LogP contribution in [0.1, 0.15) is 20.8 Å². The molecule has 0 bridgehead atoms. The Hall–Kier alpha value is 0.960. The Bertz CT molecular complexity index is 37.8. The van der Waals surface area contributed by atoms with Crippen LogP contribution in [0.4, 0.5) is 0 Å². The van der Waals surface area contributed by atoms with Gasteiger partial charge in [-0.1, -0.05) is 20.8 Å². The van der Waals surface area contributed by atoms with Crippen LogP contribution in [0.2, 0.25) is 0 Å².